The molecule has 0 radical (unpaired) electrons. The van der Waals surface area contributed by atoms with Crippen molar-refractivity contribution in [1.29, 1.82) is 0 Å². The second kappa shape index (κ2) is 9.82. The lowest BCUT2D eigenvalue weighted by atomic mass is 10.0. The standard InChI is InChI=1S/C10H18O2.C7H7NO2/c1-2-3-4-6-9-7-5-8-10(11)12-9;8-6-4-2-1-3-5(6)7(9)10/h9H,2-8H2,1H3;1-4H,8H2,(H,9,10). The maximum atomic E-state index is 10.9. The highest BCUT2D eigenvalue weighted by atomic mass is 16.5. The van der Waals surface area contributed by atoms with Gasteiger partial charge in [-0.3, -0.25) is 4.79 Å². The average molecular weight is 307 g/mol. The summed E-state index contributed by atoms with van der Waals surface area (Å²) in [5.74, 6) is -0.985. The van der Waals surface area contributed by atoms with Crippen molar-refractivity contribution in [3.63, 3.8) is 0 Å². The summed E-state index contributed by atoms with van der Waals surface area (Å²) in [6.45, 7) is 2.19. The molecule has 0 aliphatic carbocycles. The molecule has 122 valence electrons. The molecule has 3 N–H and O–H groups in total. The fourth-order valence-electron chi connectivity index (χ4n) is 2.29. The Kier molecular flexibility index (Phi) is 8.04. The number of aromatic carboxylic acids is 1. The molecular weight excluding hydrogens is 282 g/mol. The Bertz CT molecular complexity index is 487. The number of hydrogen-bond acceptors (Lipinski definition) is 4. The third kappa shape index (κ3) is 6.61. The highest BCUT2D eigenvalue weighted by Gasteiger charge is 2.19. The van der Waals surface area contributed by atoms with E-state index in [1.54, 1.807) is 18.2 Å². The van der Waals surface area contributed by atoms with Crippen LogP contribution in [0.1, 0.15) is 62.2 Å². The van der Waals surface area contributed by atoms with Crippen molar-refractivity contribution < 1.29 is 19.4 Å². The van der Waals surface area contributed by atoms with Crippen LogP contribution in [-0.4, -0.2) is 23.1 Å². The largest absolute Gasteiger partial charge is 0.478 e. The second-order valence-electron chi connectivity index (χ2n) is 5.39. The number of rotatable bonds is 5. The van der Waals surface area contributed by atoms with E-state index >= 15 is 0 Å². The van der Waals surface area contributed by atoms with E-state index in [2.05, 4.69) is 6.92 Å². The van der Waals surface area contributed by atoms with Crippen molar-refractivity contribution in [3.05, 3.63) is 29.8 Å². The molecule has 1 aliphatic heterocycles. The quantitative estimate of drug-likeness (QED) is 0.492. The molecule has 0 amide bonds. The van der Waals surface area contributed by atoms with E-state index in [0.29, 0.717) is 12.1 Å². The number of nitrogen functional groups attached to an aromatic ring is 1. The summed E-state index contributed by atoms with van der Waals surface area (Å²) in [5, 5.41) is 8.49. The zero-order valence-corrected chi connectivity index (χ0v) is 13.1. The molecule has 1 saturated heterocycles. The number of hydrogen-bond donors (Lipinski definition) is 2. The summed E-state index contributed by atoms with van der Waals surface area (Å²) in [7, 11) is 0. The van der Waals surface area contributed by atoms with Crippen molar-refractivity contribution >= 4 is 17.6 Å². The maximum Gasteiger partial charge on any atom is 0.337 e. The number of unbranched alkanes of at least 4 members (excludes halogenated alkanes) is 2. The average Bonchev–Trinajstić information content (AvgIpc) is 2.48. The van der Waals surface area contributed by atoms with Crippen LogP contribution >= 0.6 is 0 Å². The van der Waals surface area contributed by atoms with Crippen LogP contribution in [0, 0.1) is 0 Å². The van der Waals surface area contributed by atoms with Gasteiger partial charge in [0.2, 0.25) is 0 Å². The van der Waals surface area contributed by atoms with E-state index in [-0.39, 0.29) is 17.6 Å². The lowest BCUT2D eigenvalue weighted by molar-refractivity contribution is -0.154. The SMILES string of the molecule is CCCCCC1CCCC(=O)O1.Nc1ccccc1C(=O)O. The smallest absolute Gasteiger partial charge is 0.337 e. The highest BCUT2D eigenvalue weighted by molar-refractivity contribution is 5.93. The van der Waals surface area contributed by atoms with Crippen molar-refractivity contribution in [3.8, 4) is 0 Å². The molecule has 2 rings (SSSR count). The number of esters is 1. The molecular formula is C17H25NO4. The summed E-state index contributed by atoms with van der Waals surface area (Å²) >= 11 is 0. The Hall–Kier alpha value is -2.04. The summed E-state index contributed by atoms with van der Waals surface area (Å²) in [4.78, 5) is 21.2. The third-order valence-electron chi connectivity index (χ3n) is 3.53. The van der Waals surface area contributed by atoms with Gasteiger partial charge in [-0.25, -0.2) is 4.79 Å². The molecule has 22 heavy (non-hydrogen) atoms. The number of ether oxygens (including phenoxy) is 1. The van der Waals surface area contributed by atoms with Gasteiger partial charge >= 0.3 is 11.9 Å². The Labute approximate surface area is 131 Å². The number of para-hydroxylation sites is 1. The van der Waals surface area contributed by atoms with Gasteiger partial charge in [-0.15, -0.1) is 0 Å². The first kappa shape index (κ1) is 18.0. The molecule has 1 aliphatic rings. The first-order chi connectivity index (χ1) is 10.5. The number of carbonyl (C=O) groups is 2. The normalized spacial score (nSPS) is 17.1. The minimum atomic E-state index is -0.988. The fraction of sp³-hybridized carbons (Fsp3) is 0.529. The topological polar surface area (TPSA) is 89.6 Å². The molecule has 1 fully saturated rings. The van der Waals surface area contributed by atoms with Crippen LogP contribution in [-0.2, 0) is 9.53 Å². The maximum absolute atomic E-state index is 10.9. The summed E-state index contributed by atoms with van der Waals surface area (Å²) in [5.41, 5.74) is 5.80. The van der Waals surface area contributed by atoms with Crippen LogP contribution in [0.25, 0.3) is 0 Å². The van der Waals surface area contributed by atoms with Gasteiger partial charge in [0, 0.05) is 12.1 Å². The van der Waals surface area contributed by atoms with Crippen LogP contribution in [0.4, 0.5) is 5.69 Å². The minimum absolute atomic E-state index is 0.00254. The molecule has 0 bridgehead atoms. The van der Waals surface area contributed by atoms with Crippen LogP contribution in [0.5, 0.6) is 0 Å². The second-order valence-corrected chi connectivity index (χ2v) is 5.39. The van der Waals surface area contributed by atoms with Gasteiger partial charge in [0.1, 0.15) is 6.10 Å². The van der Waals surface area contributed by atoms with E-state index in [1.165, 1.54) is 25.3 Å². The molecule has 0 saturated carbocycles. The molecule has 1 aromatic carbocycles. The molecule has 5 nitrogen and oxygen atoms in total. The first-order valence-corrected chi connectivity index (χ1v) is 7.81. The van der Waals surface area contributed by atoms with E-state index in [4.69, 9.17) is 15.6 Å². The van der Waals surface area contributed by atoms with Gasteiger partial charge in [-0.2, -0.15) is 0 Å². The van der Waals surface area contributed by atoms with Crippen molar-refractivity contribution in [2.45, 2.75) is 58.0 Å². The molecule has 1 heterocycles. The van der Waals surface area contributed by atoms with Crippen LogP contribution < -0.4 is 5.73 Å². The molecule has 1 aromatic rings. The van der Waals surface area contributed by atoms with Crippen LogP contribution in [0.15, 0.2) is 24.3 Å². The van der Waals surface area contributed by atoms with Gasteiger partial charge < -0.3 is 15.6 Å². The monoisotopic (exact) mass is 307 g/mol. The van der Waals surface area contributed by atoms with Gasteiger partial charge in [-0.05, 0) is 37.8 Å². The Balaban J connectivity index is 0.000000224. The van der Waals surface area contributed by atoms with E-state index in [9.17, 15) is 9.59 Å². The predicted molar refractivity (Wildman–Crippen MR) is 85.7 cm³/mol. The molecule has 1 atom stereocenters. The van der Waals surface area contributed by atoms with E-state index in [0.717, 1.165) is 19.3 Å². The van der Waals surface area contributed by atoms with Crippen LogP contribution in [0.3, 0.4) is 0 Å². The van der Waals surface area contributed by atoms with Gasteiger partial charge in [0.15, 0.2) is 0 Å². The first-order valence-electron chi connectivity index (χ1n) is 7.81. The van der Waals surface area contributed by atoms with Gasteiger partial charge in [-0.1, -0.05) is 31.9 Å². The van der Waals surface area contributed by atoms with Crippen molar-refractivity contribution in [2.75, 3.05) is 5.73 Å². The number of nitrogens with two attached hydrogens (primary N) is 1. The third-order valence-corrected chi connectivity index (χ3v) is 3.53. The zero-order chi connectivity index (χ0) is 16.4. The molecule has 1 unspecified atom stereocenters. The Morgan fingerprint density at radius 3 is 2.64 bits per heavy atom. The number of carboxylic acids is 1. The van der Waals surface area contributed by atoms with Crippen molar-refractivity contribution in [2.24, 2.45) is 0 Å². The van der Waals surface area contributed by atoms with E-state index in [1.807, 2.05) is 0 Å². The summed E-state index contributed by atoms with van der Waals surface area (Å²) in [6, 6.07) is 6.36. The molecule has 0 aromatic heterocycles. The number of carboxylic acid groups (broad SMARTS) is 1. The minimum Gasteiger partial charge on any atom is -0.478 e. The fourth-order valence-corrected chi connectivity index (χ4v) is 2.29. The highest BCUT2D eigenvalue weighted by Crippen LogP contribution is 2.18. The Morgan fingerprint density at radius 1 is 1.36 bits per heavy atom. The van der Waals surface area contributed by atoms with Crippen molar-refractivity contribution in [1.82, 2.24) is 0 Å². The Morgan fingerprint density at radius 2 is 2.09 bits per heavy atom. The number of carbonyl (C=O) groups excluding carboxylic acids is 1. The number of anilines is 1. The van der Waals surface area contributed by atoms with Gasteiger partial charge in [0.05, 0.1) is 5.56 Å². The number of benzene rings is 1. The summed E-state index contributed by atoms with van der Waals surface area (Å²) in [6.07, 6.45) is 7.73. The lowest BCUT2D eigenvalue weighted by Gasteiger charge is -2.21. The summed E-state index contributed by atoms with van der Waals surface area (Å²) < 4.78 is 5.19. The van der Waals surface area contributed by atoms with E-state index < -0.39 is 5.97 Å². The van der Waals surface area contributed by atoms with Crippen LogP contribution in [0.2, 0.25) is 0 Å². The molecule has 0 spiro atoms. The predicted octanol–water partition coefficient (Wildman–Crippen LogP) is 3.63. The lowest BCUT2D eigenvalue weighted by Crippen LogP contribution is -2.23. The molecule has 5 heteroatoms. The van der Waals surface area contributed by atoms with Gasteiger partial charge in [0.25, 0.3) is 0 Å². The zero-order valence-electron chi connectivity index (χ0n) is 13.1. The number of cyclic esters (lactones) is 1.